The molecule has 2 N–H and O–H groups in total. The minimum absolute atomic E-state index is 0.0621. The lowest BCUT2D eigenvalue weighted by molar-refractivity contribution is -0.137. The average Bonchev–Trinajstić information content (AvgIpc) is 3.02. The molecule has 0 bridgehead atoms. The second kappa shape index (κ2) is 8.19. The Labute approximate surface area is 153 Å². The van der Waals surface area contributed by atoms with Gasteiger partial charge in [-0.2, -0.15) is 13.2 Å². The van der Waals surface area contributed by atoms with E-state index in [2.05, 4.69) is 10.0 Å². The topological polar surface area (TPSA) is 75.3 Å². The van der Waals surface area contributed by atoms with Gasteiger partial charge in [0.2, 0.25) is 15.9 Å². The lowest BCUT2D eigenvalue weighted by Crippen LogP contribution is -2.25. The van der Waals surface area contributed by atoms with Crippen molar-refractivity contribution in [3.63, 3.8) is 0 Å². The summed E-state index contributed by atoms with van der Waals surface area (Å²) in [7, 11) is -3.70. The van der Waals surface area contributed by atoms with Crippen LogP contribution in [0.1, 0.15) is 22.9 Å². The van der Waals surface area contributed by atoms with Crippen molar-refractivity contribution in [1.82, 2.24) is 10.0 Å². The second-order valence-corrected chi connectivity index (χ2v) is 8.64. The van der Waals surface area contributed by atoms with E-state index in [4.69, 9.17) is 0 Å². The fourth-order valence-electron chi connectivity index (χ4n) is 2.07. The molecule has 1 heterocycles. The zero-order valence-electron chi connectivity index (χ0n) is 13.8. The molecule has 142 valence electrons. The predicted octanol–water partition coefficient (Wildman–Crippen LogP) is 2.92. The van der Waals surface area contributed by atoms with Crippen LogP contribution in [0.15, 0.2) is 40.6 Å². The van der Waals surface area contributed by atoms with Crippen molar-refractivity contribution in [3.8, 4) is 0 Å². The number of sulfonamides is 1. The van der Waals surface area contributed by atoms with Gasteiger partial charge in [0.1, 0.15) is 4.21 Å². The van der Waals surface area contributed by atoms with Crippen LogP contribution in [-0.2, 0) is 34.0 Å². The highest BCUT2D eigenvalue weighted by Gasteiger charge is 2.29. The van der Waals surface area contributed by atoms with Crippen LogP contribution in [0.5, 0.6) is 0 Å². The molecule has 0 aliphatic carbocycles. The zero-order valence-corrected chi connectivity index (χ0v) is 15.4. The minimum Gasteiger partial charge on any atom is -0.351 e. The van der Waals surface area contributed by atoms with Gasteiger partial charge in [0.15, 0.2) is 0 Å². The molecular weight excluding hydrogens is 389 g/mol. The van der Waals surface area contributed by atoms with Gasteiger partial charge in [-0.15, -0.1) is 11.3 Å². The van der Waals surface area contributed by atoms with E-state index in [1.165, 1.54) is 25.1 Å². The fourth-order valence-corrected chi connectivity index (χ4v) is 4.44. The van der Waals surface area contributed by atoms with Crippen molar-refractivity contribution < 1.29 is 26.4 Å². The Morgan fingerprint density at radius 2 is 1.77 bits per heavy atom. The van der Waals surface area contributed by atoms with Gasteiger partial charge in [0.05, 0.1) is 12.1 Å². The molecule has 2 aromatic rings. The van der Waals surface area contributed by atoms with Crippen molar-refractivity contribution >= 4 is 27.3 Å². The number of hydrogen-bond donors (Lipinski definition) is 2. The summed E-state index contributed by atoms with van der Waals surface area (Å²) in [5, 5.41) is 2.58. The monoisotopic (exact) mass is 406 g/mol. The summed E-state index contributed by atoms with van der Waals surface area (Å²) >= 11 is 1.04. The number of nitrogens with one attached hydrogen (secondary N) is 2. The number of amides is 1. The summed E-state index contributed by atoms with van der Waals surface area (Å²) in [6.07, 6.45) is -4.13. The van der Waals surface area contributed by atoms with Crippen LogP contribution in [0, 0.1) is 0 Å². The molecule has 0 atom stereocenters. The van der Waals surface area contributed by atoms with Gasteiger partial charge in [-0.25, -0.2) is 13.1 Å². The Kier molecular flexibility index (Phi) is 6.43. The van der Waals surface area contributed by atoms with Crippen LogP contribution in [0.25, 0.3) is 0 Å². The molecule has 0 saturated heterocycles. The van der Waals surface area contributed by atoms with E-state index >= 15 is 0 Å². The summed E-state index contributed by atoms with van der Waals surface area (Å²) < 4.78 is 64.5. The maximum absolute atomic E-state index is 12.5. The third kappa shape index (κ3) is 5.82. The van der Waals surface area contributed by atoms with Gasteiger partial charge < -0.3 is 5.32 Å². The molecule has 0 unspecified atom stereocenters. The van der Waals surface area contributed by atoms with Gasteiger partial charge in [0, 0.05) is 18.3 Å². The lowest BCUT2D eigenvalue weighted by Gasteiger charge is -2.08. The maximum atomic E-state index is 12.5. The van der Waals surface area contributed by atoms with Gasteiger partial charge in [-0.3, -0.25) is 4.79 Å². The largest absolute Gasteiger partial charge is 0.416 e. The quantitative estimate of drug-likeness (QED) is 0.743. The molecule has 26 heavy (non-hydrogen) atoms. The Morgan fingerprint density at radius 3 is 2.35 bits per heavy atom. The second-order valence-electron chi connectivity index (χ2n) is 5.47. The van der Waals surface area contributed by atoms with Crippen LogP contribution in [0.2, 0.25) is 0 Å². The van der Waals surface area contributed by atoms with Gasteiger partial charge >= 0.3 is 6.18 Å². The van der Waals surface area contributed by atoms with Crippen molar-refractivity contribution in [1.29, 1.82) is 0 Å². The smallest absolute Gasteiger partial charge is 0.351 e. The summed E-state index contributed by atoms with van der Waals surface area (Å²) in [4.78, 5) is 11.6. The van der Waals surface area contributed by atoms with Crippen LogP contribution in [0.3, 0.4) is 0 Å². The summed E-state index contributed by atoms with van der Waals surface area (Å²) in [6.45, 7) is 1.68. The first-order valence-electron chi connectivity index (χ1n) is 7.57. The van der Waals surface area contributed by atoms with Gasteiger partial charge in [-0.1, -0.05) is 12.1 Å². The van der Waals surface area contributed by atoms with Gasteiger partial charge in [0.25, 0.3) is 0 Å². The van der Waals surface area contributed by atoms with E-state index in [-0.39, 0.29) is 29.6 Å². The van der Waals surface area contributed by atoms with E-state index in [9.17, 15) is 26.4 Å². The molecule has 0 aliphatic heterocycles. The fraction of sp³-hybridized carbons (Fsp3) is 0.312. The minimum atomic E-state index is -4.39. The molecule has 1 aromatic heterocycles. The third-order valence-electron chi connectivity index (χ3n) is 3.40. The van der Waals surface area contributed by atoms with Crippen molar-refractivity contribution in [2.75, 3.05) is 6.54 Å². The molecule has 2 rings (SSSR count). The Bertz CT molecular complexity index is 860. The van der Waals surface area contributed by atoms with Crippen molar-refractivity contribution in [2.24, 2.45) is 0 Å². The number of halogens is 3. The molecule has 0 aliphatic rings. The van der Waals surface area contributed by atoms with Crippen LogP contribution in [0.4, 0.5) is 13.2 Å². The number of hydrogen-bond acceptors (Lipinski definition) is 4. The van der Waals surface area contributed by atoms with E-state index in [1.807, 2.05) is 0 Å². The van der Waals surface area contributed by atoms with Crippen LogP contribution < -0.4 is 10.0 Å². The standard InChI is InChI=1S/C16H17F3N2O3S2/c1-11(22)20-10-14-6-7-15(25-14)26(23,24)21-9-8-12-2-4-13(5-3-12)16(17,18)19/h2-7,21H,8-10H2,1H3,(H,20,22). The normalized spacial score (nSPS) is 12.2. The molecule has 0 saturated carbocycles. The number of thiophene rings is 1. The molecular formula is C16H17F3N2O3S2. The summed E-state index contributed by atoms with van der Waals surface area (Å²) in [5.41, 5.74) is -0.148. The number of rotatable bonds is 7. The summed E-state index contributed by atoms with van der Waals surface area (Å²) in [5.74, 6) is -0.211. The number of carbonyl (C=O) groups excluding carboxylic acids is 1. The highest BCUT2D eigenvalue weighted by Crippen LogP contribution is 2.29. The third-order valence-corrected chi connectivity index (χ3v) is 6.44. The molecule has 0 fully saturated rings. The average molecular weight is 406 g/mol. The first-order valence-corrected chi connectivity index (χ1v) is 9.87. The first kappa shape index (κ1) is 20.4. The van der Waals surface area contributed by atoms with Gasteiger partial charge in [-0.05, 0) is 36.2 Å². The predicted molar refractivity (Wildman–Crippen MR) is 92.2 cm³/mol. The molecule has 0 spiro atoms. The molecule has 1 amide bonds. The Morgan fingerprint density at radius 1 is 1.12 bits per heavy atom. The van der Waals surface area contributed by atoms with Crippen molar-refractivity contribution in [2.45, 2.75) is 30.3 Å². The van der Waals surface area contributed by atoms with Crippen molar-refractivity contribution in [3.05, 3.63) is 52.4 Å². The molecule has 0 radical (unpaired) electrons. The maximum Gasteiger partial charge on any atom is 0.416 e. The van der Waals surface area contributed by atoms with E-state index < -0.39 is 21.8 Å². The Hall–Kier alpha value is -1.91. The Balaban J connectivity index is 1.91. The highest BCUT2D eigenvalue weighted by molar-refractivity contribution is 7.91. The molecule has 5 nitrogen and oxygen atoms in total. The summed E-state index contributed by atoms with van der Waals surface area (Å²) in [6, 6.07) is 7.66. The van der Waals surface area contributed by atoms with E-state index in [1.54, 1.807) is 6.07 Å². The number of carbonyl (C=O) groups is 1. The SMILES string of the molecule is CC(=O)NCc1ccc(S(=O)(=O)NCCc2ccc(C(F)(F)F)cc2)s1. The molecule has 10 heteroatoms. The lowest BCUT2D eigenvalue weighted by atomic mass is 10.1. The molecule has 1 aromatic carbocycles. The van der Waals surface area contributed by atoms with Crippen LogP contribution >= 0.6 is 11.3 Å². The number of alkyl halides is 3. The van der Waals surface area contributed by atoms with E-state index in [0.717, 1.165) is 23.5 Å². The van der Waals surface area contributed by atoms with E-state index in [0.29, 0.717) is 10.4 Å². The number of benzene rings is 1. The highest BCUT2D eigenvalue weighted by atomic mass is 32.2. The zero-order chi connectivity index (χ0) is 19.4. The van der Waals surface area contributed by atoms with Crippen LogP contribution in [-0.4, -0.2) is 20.9 Å². The first-order chi connectivity index (χ1) is 12.1.